The van der Waals surface area contributed by atoms with Crippen LogP contribution in [-0.2, 0) is 6.42 Å². The van der Waals surface area contributed by atoms with E-state index in [4.69, 9.17) is 0 Å². The fourth-order valence-electron chi connectivity index (χ4n) is 4.02. The number of hydrogen-bond acceptors (Lipinski definition) is 2. The van der Waals surface area contributed by atoms with Crippen molar-refractivity contribution in [3.8, 4) is 0 Å². The second-order valence-electron chi connectivity index (χ2n) is 10.9. The summed E-state index contributed by atoms with van der Waals surface area (Å²) in [6.45, 7) is 20.9. The Balaban J connectivity index is 2.02. The molecule has 1 fully saturated rings. The molecule has 29 heavy (non-hydrogen) atoms. The molecule has 1 aliphatic heterocycles. The molecule has 0 atom stereocenters. The third kappa shape index (κ3) is 8.95. The van der Waals surface area contributed by atoms with Crippen LogP contribution in [0.4, 0.5) is 5.69 Å². The molecule has 2 heteroatoms. The van der Waals surface area contributed by atoms with Gasteiger partial charge in [0.1, 0.15) is 0 Å². The molecule has 1 saturated heterocycles. The number of nitrogens with zero attached hydrogens (tertiary/aromatic N) is 2. The second-order valence-corrected chi connectivity index (χ2v) is 10.9. The van der Waals surface area contributed by atoms with E-state index in [1.807, 2.05) is 0 Å². The van der Waals surface area contributed by atoms with Gasteiger partial charge in [-0.15, -0.1) is 0 Å². The first kappa shape index (κ1) is 24.0. The highest BCUT2D eigenvalue weighted by molar-refractivity contribution is 5.49. The molecule has 2 nitrogen and oxygen atoms in total. The highest BCUT2D eigenvalue weighted by Gasteiger charge is 2.24. The molecule has 0 amide bonds. The lowest BCUT2D eigenvalue weighted by atomic mass is 9.88. The fourth-order valence-corrected chi connectivity index (χ4v) is 4.02. The molecular formula is C27H46N2. The number of allylic oxidation sites excluding steroid dienone is 1. The van der Waals surface area contributed by atoms with Crippen LogP contribution in [0.5, 0.6) is 0 Å². The second kappa shape index (κ2) is 11.2. The van der Waals surface area contributed by atoms with Crippen LogP contribution in [0, 0.1) is 11.3 Å². The topological polar surface area (TPSA) is 6.48 Å². The molecule has 2 rings (SSSR count). The van der Waals surface area contributed by atoms with Crippen molar-refractivity contribution in [3.05, 3.63) is 41.5 Å². The minimum absolute atomic E-state index is 0.400. The van der Waals surface area contributed by atoms with E-state index in [0.717, 1.165) is 12.5 Å². The molecule has 1 aromatic carbocycles. The summed E-state index contributed by atoms with van der Waals surface area (Å²) in [5.74, 6) is 0.804. The molecule has 0 N–H and O–H groups in total. The van der Waals surface area contributed by atoms with Crippen LogP contribution in [-0.4, -0.2) is 37.1 Å². The summed E-state index contributed by atoms with van der Waals surface area (Å²) >= 11 is 0. The van der Waals surface area contributed by atoms with Crippen molar-refractivity contribution in [2.45, 2.75) is 86.6 Å². The van der Waals surface area contributed by atoms with E-state index < -0.39 is 0 Å². The van der Waals surface area contributed by atoms with Crippen molar-refractivity contribution in [1.29, 1.82) is 0 Å². The SMILES string of the molecule is CC(C)=CCN(c1ccc(CCC(C)(C)C)cc1)C1CCN(CCC(C)C)CC1. The predicted molar refractivity (Wildman–Crippen MR) is 130 cm³/mol. The van der Waals surface area contributed by atoms with Gasteiger partial charge in [0.2, 0.25) is 0 Å². The van der Waals surface area contributed by atoms with E-state index in [9.17, 15) is 0 Å². The Morgan fingerprint density at radius 1 is 1.10 bits per heavy atom. The van der Waals surface area contributed by atoms with E-state index in [2.05, 4.69) is 88.6 Å². The normalized spacial score (nSPS) is 16.3. The summed E-state index contributed by atoms with van der Waals surface area (Å²) in [5, 5.41) is 0. The van der Waals surface area contributed by atoms with E-state index in [0.29, 0.717) is 11.5 Å². The van der Waals surface area contributed by atoms with Gasteiger partial charge in [-0.05, 0) is 81.5 Å². The van der Waals surface area contributed by atoms with Crippen molar-refractivity contribution in [2.24, 2.45) is 11.3 Å². The number of hydrogen-bond donors (Lipinski definition) is 0. The van der Waals surface area contributed by atoms with Crippen molar-refractivity contribution in [1.82, 2.24) is 4.90 Å². The smallest absolute Gasteiger partial charge is 0.0371 e. The Hall–Kier alpha value is -1.28. The Bertz CT molecular complexity index is 609. The summed E-state index contributed by atoms with van der Waals surface area (Å²) in [7, 11) is 0. The molecule has 1 heterocycles. The lowest BCUT2D eigenvalue weighted by molar-refractivity contribution is 0.200. The molecule has 0 spiro atoms. The molecule has 164 valence electrons. The summed E-state index contributed by atoms with van der Waals surface area (Å²) in [6.07, 6.45) is 8.68. The van der Waals surface area contributed by atoms with E-state index >= 15 is 0 Å². The lowest BCUT2D eigenvalue weighted by Crippen LogP contribution is -2.45. The van der Waals surface area contributed by atoms with Gasteiger partial charge in [0.15, 0.2) is 0 Å². The standard InChI is InChI=1S/C27H46N2/c1-22(2)13-18-28-19-15-26(16-20-28)29(21-14-23(3)4)25-10-8-24(9-11-25)12-17-27(5,6)7/h8-11,14,22,26H,12-13,15-21H2,1-7H3. The number of benzene rings is 1. The van der Waals surface area contributed by atoms with Gasteiger partial charge >= 0.3 is 0 Å². The monoisotopic (exact) mass is 398 g/mol. The molecule has 0 bridgehead atoms. The number of anilines is 1. The lowest BCUT2D eigenvalue weighted by Gasteiger charge is -2.40. The first-order valence-electron chi connectivity index (χ1n) is 11.9. The van der Waals surface area contributed by atoms with E-state index in [1.54, 1.807) is 0 Å². The maximum Gasteiger partial charge on any atom is 0.0371 e. The third-order valence-electron chi connectivity index (χ3n) is 6.15. The minimum atomic E-state index is 0.400. The van der Waals surface area contributed by atoms with Gasteiger partial charge in [-0.3, -0.25) is 0 Å². The quantitative estimate of drug-likeness (QED) is 0.415. The molecular weight excluding hydrogens is 352 g/mol. The summed E-state index contributed by atoms with van der Waals surface area (Å²) in [5.41, 5.74) is 4.67. The Morgan fingerprint density at radius 3 is 2.24 bits per heavy atom. The van der Waals surface area contributed by atoms with Crippen LogP contribution in [0.25, 0.3) is 0 Å². The molecule has 1 aromatic rings. The minimum Gasteiger partial charge on any atom is -0.365 e. The zero-order chi connectivity index (χ0) is 21.4. The number of likely N-dealkylation sites (tertiary alicyclic amines) is 1. The first-order chi connectivity index (χ1) is 13.6. The van der Waals surface area contributed by atoms with Gasteiger partial charge in [-0.2, -0.15) is 0 Å². The Labute approximate surface area is 181 Å². The molecule has 1 aliphatic rings. The molecule has 0 aliphatic carbocycles. The first-order valence-corrected chi connectivity index (χ1v) is 11.9. The summed E-state index contributed by atoms with van der Waals surface area (Å²) < 4.78 is 0. The Morgan fingerprint density at radius 2 is 1.72 bits per heavy atom. The Kier molecular flexibility index (Phi) is 9.27. The zero-order valence-corrected chi connectivity index (χ0v) is 20.3. The average molecular weight is 399 g/mol. The maximum atomic E-state index is 2.67. The van der Waals surface area contributed by atoms with Crippen LogP contribution in [0.2, 0.25) is 0 Å². The van der Waals surface area contributed by atoms with E-state index in [-0.39, 0.29) is 0 Å². The molecule has 0 saturated carbocycles. The van der Waals surface area contributed by atoms with Crippen molar-refractivity contribution in [2.75, 3.05) is 31.1 Å². The number of aryl methyl sites for hydroxylation is 1. The number of rotatable bonds is 9. The van der Waals surface area contributed by atoms with Crippen LogP contribution < -0.4 is 4.90 Å². The third-order valence-corrected chi connectivity index (χ3v) is 6.15. The maximum absolute atomic E-state index is 2.67. The van der Waals surface area contributed by atoms with E-state index in [1.165, 1.54) is 68.6 Å². The number of piperidine rings is 1. The van der Waals surface area contributed by atoms with Gasteiger partial charge in [0.05, 0.1) is 0 Å². The molecule has 0 radical (unpaired) electrons. The highest BCUT2D eigenvalue weighted by atomic mass is 15.2. The molecule has 0 unspecified atom stereocenters. The van der Waals surface area contributed by atoms with Crippen LogP contribution in [0.1, 0.15) is 79.7 Å². The van der Waals surface area contributed by atoms with Crippen LogP contribution in [0.3, 0.4) is 0 Å². The summed E-state index contributed by atoms with van der Waals surface area (Å²) in [6, 6.07) is 10.1. The predicted octanol–water partition coefficient (Wildman–Crippen LogP) is 6.95. The van der Waals surface area contributed by atoms with Crippen molar-refractivity contribution < 1.29 is 0 Å². The van der Waals surface area contributed by atoms with Crippen molar-refractivity contribution >= 4 is 5.69 Å². The van der Waals surface area contributed by atoms with Crippen molar-refractivity contribution in [3.63, 3.8) is 0 Å². The summed E-state index contributed by atoms with van der Waals surface area (Å²) in [4.78, 5) is 5.32. The van der Waals surface area contributed by atoms with Crippen LogP contribution in [0.15, 0.2) is 35.9 Å². The van der Waals surface area contributed by atoms with Gasteiger partial charge in [-0.1, -0.05) is 58.4 Å². The zero-order valence-electron chi connectivity index (χ0n) is 20.3. The molecule has 0 aromatic heterocycles. The van der Waals surface area contributed by atoms with Gasteiger partial charge in [0.25, 0.3) is 0 Å². The van der Waals surface area contributed by atoms with Gasteiger partial charge in [-0.25, -0.2) is 0 Å². The van der Waals surface area contributed by atoms with Gasteiger partial charge in [0, 0.05) is 31.4 Å². The highest BCUT2D eigenvalue weighted by Crippen LogP contribution is 2.26. The average Bonchev–Trinajstić information content (AvgIpc) is 2.66. The van der Waals surface area contributed by atoms with Crippen LogP contribution >= 0.6 is 0 Å². The fraction of sp³-hybridized carbons (Fsp3) is 0.704. The largest absolute Gasteiger partial charge is 0.365 e. The van der Waals surface area contributed by atoms with Gasteiger partial charge < -0.3 is 9.80 Å².